The minimum atomic E-state index is -4.42. The lowest BCUT2D eigenvalue weighted by atomic mass is 9.89. The Morgan fingerprint density at radius 3 is 2.00 bits per heavy atom. The molecule has 0 unspecified atom stereocenters. The van der Waals surface area contributed by atoms with Crippen LogP contribution in [0.3, 0.4) is 0 Å². The summed E-state index contributed by atoms with van der Waals surface area (Å²) in [5, 5.41) is 3.23. The fourth-order valence-corrected chi connectivity index (χ4v) is 2.20. The predicted octanol–water partition coefficient (Wildman–Crippen LogP) is 4.67. The minimum Gasteiger partial charge on any atom is -0.398 e. The molecular weight excluding hydrogens is 253 g/mol. The fraction of sp³-hybridized carbons (Fsp3) is 0.571. The molecule has 1 aromatic carbocycles. The maximum absolute atomic E-state index is 12.8. The van der Waals surface area contributed by atoms with E-state index in [4.69, 9.17) is 5.73 Å². The number of benzene rings is 1. The molecule has 0 atom stereocenters. The molecule has 0 aromatic heterocycles. The molecule has 2 nitrogen and oxygen atoms in total. The van der Waals surface area contributed by atoms with E-state index in [1.165, 1.54) is 6.07 Å². The summed E-state index contributed by atoms with van der Waals surface area (Å²) < 4.78 is 38.4. The Labute approximate surface area is 112 Å². The van der Waals surface area contributed by atoms with Crippen molar-refractivity contribution in [2.45, 2.75) is 51.7 Å². The number of hydrogen-bond acceptors (Lipinski definition) is 2. The molecule has 0 spiro atoms. The second-order valence-corrected chi connectivity index (χ2v) is 4.77. The number of nitrogens with one attached hydrogen (secondary N) is 1. The standard InChI is InChI=1S/C14H21F3N2/c1-4-13(5-2,6-3)19-10-7-8-12(18)11(9-10)14(15,16)17/h7-9,19H,4-6,18H2,1-3H3. The van der Waals surface area contributed by atoms with Crippen molar-refractivity contribution in [1.82, 2.24) is 0 Å². The van der Waals surface area contributed by atoms with E-state index < -0.39 is 11.7 Å². The van der Waals surface area contributed by atoms with E-state index in [2.05, 4.69) is 5.32 Å². The van der Waals surface area contributed by atoms with Crippen LogP contribution in [-0.4, -0.2) is 5.54 Å². The Balaban J connectivity index is 3.10. The first kappa shape index (κ1) is 15.7. The van der Waals surface area contributed by atoms with Crippen molar-refractivity contribution in [3.63, 3.8) is 0 Å². The highest BCUT2D eigenvalue weighted by Crippen LogP contribution is 2.36. The van der Waals surface area contributed by atoms with E-state index in [0.717, 1.165) is 25.3 Å². The van der Waals surface area contributed by atoms with Gasteiger partial charge in [-0.1, -0.05) is 20.8 Å². The van der Waals surface area contributed by atoms with Gasteiger partial charge in [-0.3, -0.25) is 0 Å². The first-order valence-corrected chi connectivity index (χ1v) is 6.53. The molecule has 1 rings (SSSR count). The van der Waals surface area contributed by atoms with Gasteiger partial charge in [0.05, 0.1) is 5.56 Å². The number of rotatable bonds is 5. The van der Waals surface area contributed by atoms with E-state index in [1.54, 1.807) is 6.07 Å². The molecular formula is C14H21F3N2. The summed E-state index contributed by atoms with van der Waals surface area (Å²) in [4.78, 5) is 0. The van der Waals surface area contributed by atoms with E-state index in [-0.39, 0.29) is 11.2 Å². The topological polar surface area (TPSA) is 38.0 Å². The molecule has 1 aromatic rings. The number of nitrogens with two attached hydrogens (primary N) is 1. The van der Waals surface area contributed by atoms with Crippen LogP contribution in [0.1, 0.15) is 45.6 Å². The SMILES string of the molecule is CCC(CC)(CC)Nc1ccc(N)c(C(F)(F)F)c1. The predicted molar refractivity (Wildman–Crippen MR) is 73.1 cm³/mol. The van der Waals surface area contributed by atoms with E-state index in [1.807, 2.05) is 20.8 Å². The largest absolute Gasteiger partial charge is 0.418 e. The third kappa shape index (κ3) is 3.55. The fourth-order valence-electron chi connectivity index (χ4n) is 2.20. The summed E-state index contributed by atoms with van der Waals surface area (Å²) in [6.07, 6.45) is -1.86. The second-order valence-electron chi connectivity index (χ2n) is 4.77. The van der Waals surface area contributed by atoms with Crippen molar-refractivity contribution < 1.29 is 13.2 Å². The average molecular weight is 274 g/mol. The molecule has 0 saturated heterocycles. The molecule has 0 heterocycles. The molecule has 0 aliphatic heterocycles. The smallest absolute Gasteiger partial charge is 0.398 e. The molecule has 0 fully saturated rings. The number of nitrogen functional groups attached to an aromatic ring is 1. The first-order valence-electron chi connectivity index (χ1n) is 6.53. The van der Waals surface area contributed by atoms with Crippen LogP contribution in [0.2, 0.25) is 0 Å². The van der Waals surface area contributed by atoms with Crippen molar-refractivity contribution in [3.8, 4) is 0 Å². The molecule has 19 heavy (non-hydrogen) atoms. The Hall–Kier alpha value is -1.39. The lowest BCUT2D eigenvalue weighted by molar-refractivity contribution is -0.136. The number of hydrogen-bond donors (Lipinski definition) is 2. The average Bonchev–Trinajstić information content (AvgIpc) is 2.37. The van der Waals surface area contributed by atoms with Crippen LogP contribution in [0.4, 0.5) is 24.5 Å². The maximum atomic E-state index is 12.8. The zero-order chi connectivity index (χ0) is 14.7. The van der Waals surface area contributed by atoms with Gasteiger partial charge in [-0.25, -0.2) is 0 Å². The normalized spacial score (nSPS) is 12.5. The van der Waals surface area contributed by atoms with Gasteiger partial charge in [-0.2, -0.15) is 13.2 Å². The zero-order valence-electron chi connectivity index (χ0n) is 11.6. The highest BCUT2D eigenvalue weighted by atomic mass is 19.4. The Morgan fingerprint density at radius 1 is 1.05 bits per heavy atom. The van der Waals surface area contributed by atoms with Gasteiger partial charge in [-0.15, -0.1) is 0 Å². The second kappa shape index (κ2) is 5.72. The van der Waals surface area contributed by atoms with Crippen LogP contribution in [0.25, 0.3) is 0 Å². The summed E-state index contributed by atoms with van der Waals surface area (Å²) in [5.74, 6) is 0. The maximum Gasteiger partial charge on any atom is 0.418 e. The lowest BCUT2D eigenvalue weighted by Gasteiger charge is -2.33. The van der Waals surface area contributed by atoms with Crippen LogP contribution in [0.5, 0.6) is 0 Å². The molecule has 0 radical (unpaired) electrons. The van der Waals surface area contributed by atoms with Gasteiger partial charge in [-0.05, 0) is 37.5 Å². The molecule has 0 aliphatic carbocycles. The number of halogens is 3. The van der Waals surface area contributed by atoms with Crippen molar-refractivity contribution in [1.29, 1.82) is 0 Å². The van der Waals surface area contributed by atoms with E-state index in [0.29, 0.717) is 5.69 Å². The van der Waals surface area contributed by atoms with Crippen molar-refractivity contribution in [2.24, 2.45) is 0 Å². The van der Waals surface area contributed by atoms with Gasteiger partial charge in [0.1, 0.15) is 0 Å². The summed E-state index contributed by atoms with van der Waals surface area (Å²) in [7, 11) is 0. The highest BCUT2D eigenvalue weighted by molar-refractivity contribution is 5.59. The minimum absolute atomic E-state index is 0.168. The van der Waals surface area contributed by atoms with Crippen molar-refractivity contribution in [2.75, 3.05) is 11.1 Å². The van der Waals surface area contributed by atoms with Crippen LogP contribution in [0, 0.1) is 0 Å². The monoisotopic (exact) mass is 274 g/mol. The first-order chi connectivity index (χ1) is 8.78. The van der Waals surface area contributed by atoms with E-state index >= 15 is 0 Å². The zero-order valence-corrected chi connectivity index (χ0v) is 11.6. The van der Waals surface area contributed by atoms with Crippen LogP contribution < -0.4 is 11.1 Å². The van der Waals surface area contributed by atoms with Crippen molar-refractivity contribution in [3.05, 3.63) is 23.8 Å². The van der Waals surface area contributed by atoms with Gasteiger partial charge in [0.25, 0.3) is 0 Å². The molecule has 0 saturated carbocycles. The van der Waals surface area contributed by atoms with Crippen LogP contribution >= 0.6 is 0 Å². The lowest BCUT2D eigenvalue weighted by Crippen LogP contribution is -2.36. The Kier molecular flexibility index (Phi) is 4.71. The molecule has 108 valence electrons. The van der Waals surface area contributed by atoms with Gasteiger partial charge in [0.15, 0.2) is 0 Å². The highest BCUT2D eigenvalue weighted by Gasteiger charge is 2.33. The van der Waals surface area contributed by atoms with E-state index in [9.17, 15) is 13.2 Å². The van der Waals surface area contributed by atoms with Crippen LogP contribution in [0.15, 0.2) is 18.2 Å². The Morgan fingerprint density at radius 2 is 1.58 bits per heavy atom. The summed E-state index contributed by atoms with van der Waals surface area (Å²) in [5.41, 5.74) is 4.66. The van der Waals surface area contributed by atoms with Gasteiger partial charge in [0.2, 0.25) is 0 Å². The Bertz CT molecular complexity index is 415. The van der Waals surface area contributed by atoms with Gasteiger partial charge in [0, 0.05) is 16.9 Å². The van der Waals surface area contributed by atoms with Crippen molar-refractivity contribution >= 4 is 11.4 Å². The molecule has 0 amide bonds. The summed E-state index contributed by atoms with van der Waals surface area (Å²) in [6, 6.07) is 3.99. The number of alkyl halides is 3. The third-order valence-corrected chi connectivity index (χ3v) is 3.80. The van der Waals surface area contributed by atoms with Gasteiger partial charge < -0.3 is 11.1 Å². The van der Waals surface area contributed by atoms with Crippen LogP contribution in [-0.2, 0) is 6.18 Å². The molecule has 0 aliphatic rings. The molecule has 5 heteroatoms. The van der Waals surface area contributed by atoms with Gasteiger partial charge >= 0.3 is 6.18 Å². The summed E-state index contributed by atoms with van der Waals surface area (Å²) >= 11 is 0. The quantitative estimate of drug-likeness (QED) is 0.766. The molecule has 3 N–H and O–H groups in total. The summed E-state index contributed by atoms with van der Waals surface area (Å²) in [6.45, 7) is 6.09. The number of anilines is 2. The molecule has 0 bridgehead atoms. The third-order valence-electron chi connectivity index (χ3n) is 3.80.